The van der Waals surface area contributed by atoms with Crippen LogP contribution in [0.5, 0.6) is 0 Å². The van der Waals surface area contributed by atoms with E-state index in [-0.39, 0.29) is 24.8 Å². The van der Waals surface area contributed by atoms with E-state index in [1.54, 1.807) is 18.4 Å². The molecule has 0 radical (unpaired) electrons. The van der Waals surface area contributed by atoms with E-state index in [1.807, 2.05) is 6.07 Å². The predicted octanol–water partition coefficient (Wildman–Crippen LogP) is 4.77. The van der Waals surface area contributed by atoms with Crippen LogP contribution >= 0.6 is 36.2 Å². The second kappa shape index (κ2) is 11.9. The van der Waals surface area contributed by atoms with Gasteiger partial charge in [-0.3, -0.25) is 0 Å². The van der Waals surface area contributed by atoms with Gasteiger partial charge in [0.2, 0.25) is 0 Å². The minimum atomic E-state index is 0. The van der Waals surface area contributed by atoms with Gasteiger partial charge in [-0.2, -0.15) is 0 Å². The maximum Gasteiger partial charge on any atom is 0.158 e. The number of anilines is 2. The van der Waals surface area contributed by atoms with E-state index < -0.39 is 0 Å². The quantitative estimate of drug-likeness (QED) is 0.634. The van der Waals surface area contributed by atoms with Gasteiger partial charge in [0.05, 0.1) is 16.4 Å². The first kappa shape index (κ1) is 24.9. The molecule has 0 unspecified atom stereocenters. The van der Waals surface area contributed by atoms with Crippen molar-refractivity contribution in [3.63, 3.8) is 0 Å². The summed E-state index contributed by atoms with van der Waals surface area (Å²) in [5, 5.41) is 9.50. The number of fused-ring (bicyclic) bond motifs is 2. The van der Waals surface area contributed by atoms with Crippen LogP contribution in [0.2, 0.25) is 0 Å². The summed E-state index contributed by atoms with van der Waals surface area (Å²) in [5.41, 5.74) is 3.03. The highest BCUT2D eigenvalue weighted by atomic mass is 35.5. The number of hydrogen-bond acceptors (Lipinski definition) is 7. The number of ether oxygens (including phenoxy) is 1. The Morgan fingerprint density at radius 3 is 2.90 bits per heavy atom. The van der Waals surface area contributed by atoms with Crippen molar-refractivity contribution in [2.45, 2.75) is 38.6 Å². The zero-order valence-electron chi connectivity index (χ0n) is 17.5. The minimum absolute atomic E-state index is 0. The molecule has 1 aromatic carbocycles. The number of thiazole rings is 1. The number of nitrogens with zero attached hydrogens (tertiary/aromatic N) is 3. The van der Waals surface area contributed by atoms with Crippen molar-refractivity contribution in [1.82, 2.24) is 15.2 Å². The molecular weight excluding hydrogens is 441 g/mol. The lowest BCUT2D eigenvalue weighted by molar-refractivity contribution is 0.168. The average Bonchev–Trinajstić information content (AvgIpc) is 3.05. The number of methoxy groups -OCH3 is 1. The summed E-state index contributed by atoms with van der Waals surface area (Å²) in [4.78, 5) is 12.5. The number of nitrogens with one attached hydrogen (secondary N) is 2. The smallest absolute Gasteiger partial charge is 0.158 e. The number of unbranched alkanes of at least 4 members (excludes halogenated alkanes) is 1. The first-order valence-electron chi connectivity index (χ1n) is 10.2. The van der Waals surface area contributed by atoms with E-state index in [0.717, 1.165) is 67.0 Å². The third-order valence-corrected chi connectivity index (χ3v) is 6.26. The fourth-order valence-electron chi connectivity index (χ4n) is 3.69. The largest absolute Gasteiger partial charge is 0.385 e. The Morgan fingerprint density at radius 2 is 2.10 bits per heavy atom. The molecule has 0 aliphatic carbocycles. The van der Waals surface area contributed by atoms with Crippen LogP contribution in [-0.2, 0) is 11.2 Å². The van der Waals surface area contributed by atoms with Gasteiger partial charge in [-0.25, -0.2) is 9.98 Å². The van der Waals surface area contributed by atoms with Crippen LogP contribution in [-0.4, -0.2) is 55.1 Å². The molecule has 1 saturated heterocycles. The molecule has 30 heavy (non-hydrogen) atoms. The van der Waals surface area contributed by atoms with E-state index in [4.69, 9.17) is 14.7 Å². The SMILES string of the molecule is CCCCc1nc2c(s1)Nc1ccccc1N=C2N1CCN[C@@H](CCOC)C1.Cl.Cl. The van der Waals surface area contributed by atoms with Gasteiger partial charge in [0.15, 0.2) is 5.84 Å². The van der Waals surface area contributed by atoms with Gasteiger partial charge < -0.3 is 20.3 Å². The summed E-state index contributed by atoms with van der Waals surface area (Å²) < 4.78 is 5.28. The lowest BCUT2D eigenvalue weighted by atomic mass is 10.1. The molecule has 0 spiro atoms. The molecule has 1 aromatic heterocycles. The minimum Gasteiger partial charge on any atom is -0.385 e. The molecule has 2 aliphatic heterocycles. The lowest BCUT2D eigenvalue weighted by Crippen LogP contribution is -2.53. The Labute approximate surface area is 195 Å². The maximum atomic E-state index is 5.28. The van der Waals surface area contributed by atoms with E-state index in [0.29, 0.717) is 6.04 Å². The first-order chi connectivity index (χ1) is 13.8. The summed E-state index contributed by atoms with van der Waals surface area (Å²) in [6.07, 6.45) is 4.38. The monoisotopic (exact) mass is 471 g/mol. The van der Waals surface area contributed by atoms with E-state index in [1.165, 1.54) is 17.8 Å². The molecule has 1 atom stereocenters. The Kier molecular flexibility index (Phi) is 9.84. The predicted molar refractivity (Wildman–Crippen MR) is 131 cm³/mol. The number of piperazine rings is 1. The van der Waals surface area contributed by atoms with Crippen molar-refractivity contribution in [2.24, 2.45) is 4.99 Å². The third kappa shape index (κ3) is 5.65. The number of rotatable bonds is 6. The van der Waals surface area contributed by atoms with Crippen molar-refractivity contribution >= 4 is 58.4 Å². The van der Waals surface area contributed by atoms with Crippen LogP contribution in [0.1, 0.15) is 36.9 Å². The van der Waals surface area contributed by atoms with E-state index in [2.05, 4.69) is 40.7 Å². The van der Waals surface area contributed by atoms with Gasteiger partial charge >= 0.3 is 0 Å². The zero-order chi connectivity index (χ0) is 19.3. The standard InChI is InChI=1S/C21H29N5OS.2ClH/c1-3-4-9-18-25-19-20(26-12-11-22-15(14-26)10-13-27-2)23-16-7-5-6-8-17(16)24-21(19)28-18;;/h5-8,15,22,24H,3-4,9-14H2,1-2H3;2*1H/t15-;;/m0../s1. The molecule has 3 heterocycles. The van der Waals surface area contributed by atoms with E-state index in [9.17, 15) is 0 Å². The normalized spacial score (nSPS) is 17.5. The Morgan fingerprint density at radius 1 is 1.27 bits per heavy atom. The summed E-state index contributed by atoms with van der Waals surface area (Å²) >= 11 is 1.77. The molecule has 0 bridgehead atoms. The summed E-state index contributed by atoms with van der Waals surface area (Å²) in [5.74, 6) is 0.996. The Hall–Kier alpha value is -1.38. The zero-order valence-corrected chi connectivity index (χ0v) is 20.0. The van der Waals surface area contributed by atoms with Crippen LogP contribution in [0.25, 0.3) is 0 Å². The van der Waals surface area contributed by atoms with Crippen molar-refractivity contribution in [1.29, 1.82) is 0 Å². The third-order valence-electron chi connectivity index (χ3n) is 5.23. The molecular formula is C21H31Cl2N5OS. The number of halogens is 2. The molecule has 4 rings (SSSR count). The highest BCUT2D eigenvalue weighted by Gasteiger charge is 2.28. The number of aliphatic imine (C=N–C) groups is 1. The summed E-state index contributed by atoms with van der Waals surface area (Å²) in [6.45, 7) is 5.80. The van der Waals surface area contributed by atoms with Gasteiger partial charge in [-0.15, -0.1) is 36.2 Å². The van der Waals surface area contributed by atoms with Crippen molar-refractivity contribution in [2.75, 3.05) is 38.7 Å². The maximum absolute atomic E-state index is 5.28. The summed E-state index contributed by atoms with van der Waals surface area (Å²) in [7, 11) is 1.76. The topological polar surface area (TPSA) is 61.8 Å². The molecule has 0 amide bonds. The van der Waals surface area contributed by atoms with Gasteiger partial charge in [0, 0.05) is 39.4 Å². The van der Waals surface area contributed by atoms with Crippen LogP contribution in [0.15, 0.2) is 29.3 Å². The number of aromatic nitrogens is 1. The van der Waals surface area contributed by atoms with Crippen LogP contribution < -0.4 is 10.6 Å². The highest BCUT2D eigenvalue weighted by molar-refractivity contribution is 7.16. The summed E-state index contributed by atoms with van der Waals surface area (Å²) in [6, 6.07) is 8.67. The molecule has 6 nitrogen and oxygen atoms in total. The van der Waals surface area contributed by atoms with E-state index >= 15 is 0 Å². The van der Waals surface area contributed by atoms with Crippen molar-refractivity contribution in [3.8, 4) is 0 Å². The molecule has 2 aliphatic rings. The highest BCUT2D eigenvalue weighted by Crippen LogP contribution is 2.38. The Balaban J connectivity index is 0.00000160. The first-order valence-corrected chi connectivity index (χ1v) is 11.0. The van der Waals surface area contributed by atoms with Gasteiger partial charge in [0.25, 0.3) is 0 Å². The van der Waals surface area contributed by atoms with Crippen molar-refractivity contribution < 1.29 is 4.74 Å². The number of amidine groups is 1. The van der Waals surface area contributed by atoms with Crippen molar-refractivity contribution in [3.05, 3.63) is 35.0 Å². The number of hydrogen-bond donors (Lipinski definition) is 2. The van der Waals surface area contributed by atoms with Gasteiger partial charge in [-0.05, 0) is 31.4 Å². The number of aryl methyl sites for hydroxylation is 1. The molecule has 166 valence electrons. The second-order valence-corrected chi connectivity index (χ2v) is 8.43. The number of para-hydroxylation sites is 2. The fourth-order valence-corrected chi connectivity index (χ4v) is 4.71. The van der Waals surface area contributed by atoms with Crippen LogP contribution in [0.3, 0.4) is 0 Å². The molecule has 2 N–H and O–H groups in total. The van der Waals surface area contributed by atoms with Gasteiger partial charge in [0.1, 0.15) is 10.7 Å². The fraction of sp³-hybridized carbons (Fsp3) is 0.524. The van der Waals surface area contributed by atoms with Gasteiger partial charge in [-0.1, -0.05) is 25.5 Å². The Bertz CT molecular complexity index is 845. The van der Waals surface area contributed by atoms with Crippen LogP contribution in [0.4, 0.5) is 16.4 Å². The number of benzene rings is 1. The lowest BCUT2D eigenvalue weighted by Gasteiger charge is -2.35. The molecule has 2 aromatic rings. The molecule has 0 saturated carbocycles. The average molecular weight is 472 g/mol. The second-order valence-electron chi connectivity index (χ2n) is 7.34. The molecule has 1 fully saturated rings. The molecule has 9 heteroatoms. The van der Waals surface area contributed by atoms with Crippen LogP contribution in [0, 0.1) is 0 Å².